The van der Waals surface area contributed by atoms with Crippen LogP contribution in [0.15, 0.2) is 18.2 Å². The second kappa shape index (κ2) is 4.35. The predicted molar refractivity (Wildman–Crippen MR) is 58.0 cm³/mol. The molecule has 0 amide bonds. The molecule has 1 aromatic rings. The van der Waals surface area contributed by atoms with Crippen LogP contribution in [0.2, 0.25) is 10.0 Å². The molecule has 0 saturated carbocycles. The molecule has 2 rings (SSSR count). The summed E-state index contributed by atoms with van der Waals surface area (Å²) < 4.78 is 0. The molecule has 1 aliphatic rings. The third kappa shape index (κ3) is 2.07. The van der Waals surface area contributed by atoms with Crippen LogP contribution in [0.3, 0.4) is 0 Å². The molecule has 6 heteroatoms. The van der Waals surface area contributed by atoms with Crippen LogP contribution in [0.5, 0.6) is 0 Å². The Kier molecular flexibility index (Phi) is 3.10. The van der Waals surface area contributed by atoms with Crippen molar-refractivity contribution in [2.75, 3.05) is 0 Å². The van der Waals surface area contributed by atoms with E-state index in [9.17, 15) is 0 Å². The van der Waals surface area contributed by atoms with Crippen molar-refractivity contribution in [1.82, 2.24) is 16.4 Å². The lowest BCUT2D eigenvalue weighted by Crippen LogP contribution is -2.32. The zero-order valence-corrected chi connectivity index (χ0v) is 9.10. The highest BCUT2D eigenvalue weighted by Crippen LogP contribution is 2.28. The van der Waals surface area contributed by atoms with Crippen molar-refractivity contribution in [3.8, 4) is 6.07 Å². The summed E-state index contributed by atoms with van der Waals surface area (Å²) in [6.45, 7) is 0. The number of hydrogen-bond acceptors (Lipinski definition) is 4. The molecule has 2 atom stereocenters. The van der Waals surface area contributed by atoms with Gasteiger partial charge in [-0.3, -0.25) is 0 Å². The van der Waals surface area contributed by atoms with Crippen molar-refractivity contribution >= 4 is 23.2 Å². The summed E-state index contributed by atoms with van der Waals surface area (Å²) in [6, 6.07) is 6.80. The van der Waals surface area contributed by atoms with E-state index in [-0.39, 0.29) is 12.1 Å². The molecule has 2 unspecified atom stereocenters. The topological polar surface area (TPSA) is 59.9 Å². The van der Waals surface area contributed by atoms with E-state index < -0.39 is 0 Å². The summed E-state index contributed by atoms with van der Waals surface area (Å²) in [5, 5.41) is 10.0. The zero-order chi connectivity index (χ0) is 10.8. The maximum Gasteiger partial charge on any atom is 0.130 e. The molecule has 1 fully saturated rings. The Bertz CT molecular complexity index is 415. The van der Waals surface area contributed by atoms with Gasteiger partial charge < -0.3 is 0 Å². The van der Waals surface area contributed by atoms with Gasteiger partial charge in [-0.05, 0) is 17.7 Å². The number of hydrazine groups is 2. The molecule has 0 aromatic heterocycles. The minimum absolute atomic E-state index is 0.181. The number of nitrogens with one attached hydrogen (secondary N) is 3. The van der Waals surface area contributed by atoms with Crippen molar-refractivity contribution in [2.45, 2.75) is 12.1 Å². The maximum atomic E-state index is 8.88. The Labute approximate surface area is 97.1 Å². The van der Waals surface area contributed by atoms with Gasteiger partial charge in [-0.25, -0.2) is 10.9 Å². The van der Waals surface area contributed by atoms with E-state index >= 15 is 0 Å². The van der Waals surface area contributed by atoms with Crippen LogP contribution in [0.1, 0.15) is 11.6 Å². The molecule has 1 aliphatic heterocycles. The van der Waals surface area contributed by atoms with Crippen LogP contribution < -0.4 is 16.4 Å². The smallest absolute Gasteiger partial charge is 0.130 e. The monoisotopic (exact) mass is 242 g/mol. The molecule has 3 N–H and O–H groups in total. The molecule has 0 bridgehead atoms. The number of halogens is 2. The van der Waals surface area contributed by atoms with Gasteiger partial charge in [-0.2, -0.15) is 10.8 Å². The van der Waals surface area contributed by atoms with Crippen LogP contribution in [0.25, 0.3) is 0 Å². The molecule has 0 spiro atoms. The summed E-state index contributed by atoms with van der Waals surface area (Å²) in [5.41, 5.74) is 9.24. The summed E-state index contributed by atoms with van der Waals surface area (Å²) >= 11 is 11.8. The normalized spacial score (nSPS) is 25.1. The number of hydrogen-bond donors (Lipinski definition) is 3. The quantitative estimate of drug-likeness (QED) is 0.700. The van der Waals surface area contributed by atoms with Gasteiger partial charge >= 0.3 is 0 Å². The third-order valence-electron chi connectivity index (χ3n) is 2.23. The number of nitrogens with zero attached hydrogens (tertiary/aromatic N) is 1. The zero-order valence-electron chi connectivity index (χ0n) is 7.59. The van der Waals surface area contributed by atoms with Crippen LogP contribution in [-0.2, 0) is 0 Å². The van der Waals surface area contributed by atoms with Crippen LogP contribution in [-0.4, -0.2) is 6.04 Å². The van der Waals surface area contributed by atoms with E-state index in [1.807, 2.05) is 0 Å². The first-order valence-corrected chi connectivity index (χ1v) is 5.08. The number of rotatable bonds is 1. The SMILES string of the molecule is N#CC1NNNC1c1ccc(Cl)cc1Cl. The molecule has 1 saturated heterocycles. The second-order valence-corrected chi connectivity index (χ2v) is 4.01. The van der Waals surface area contributed by atoms with E-state index in [1.54, 1.807) is 18.2 Å². The molecule has 1 heterocycles. The average Bonchev–Trinajstić information content (AvgIpc) is 2.65. The van der Waals surface area contributed by atoms with E-state index in [1.165, 1.54) is 0 Å². The highest BCUT2D eigenvalue weighted by molar-refractivity contribution is 6.35. The molecule has 1 aromatic carbocycles. The summed E-state index contributed by atoms with van der Waals surface area (Å²) in [6.07, 6.45) is 0. The third-order valence-corrected chi connectivity index (χ3v) is 2.79. The van der Waals surface area contributed by atoms with Gasteiger partial charge in [0.1, 0.15) is 6.04 Å². The second-order valence-electron chi connectivity index (χ2n) is 3.16. The van der Waals surface area contributed by atoms with Crippen molar-refractivity contribution < 1.29 is 0 Å². The van der Waals surface area contributed by atoms with Crippen molar-refractivity contribution in [2.24, 2.45) is 0 Å². The summed E-state index contributed by atoms with van der Waals surface area (Å²) in [7, 11) is 0. The number of benzene rings is 1. The van der Waals surface area contributed by atoms with Gasteiger partial charge in [0.2, 0.25) is 0 Å². The Morgan fingerprint density at radius 3 is 2.73 bits per heavy atom. The highest BCUT2D eigenvalue weighted by atomic mass is 35.5. The van der Waals surface area contributed by atoms with E-state index in [4.69, 9.17) is 28.5 Å². The van der Waals surface area contributed by atoms with Gasteiger partial charge in [-0.1, -0.05) is 29.3 Å². The van der Waals surface area contributed by atoms with Gasteiger partial charge in [-0.15, -0.1) is 0 Å². The maximum absolute atomic E-state index is 8.88. The molecular weight excluding hydrogens is 235 g/mol. The minimum Gasteiger partial charge on any atom is -0.234 e. The Balaban J connectivity index is 2.33. The van der Waals surface area contributed by atoms with Crippen LogP contribution in [0.4, 0.5) is 0 Å². The first-order chi connectivity index (χ1) is 7.22. The largest absolute Gasteiger partial charge is 0.234 e. The molecule has 0 aliphatic carbocycles. The van der Waals surface area contributed by atoms with E-state index in [2.05, 4.69) is 22.5 Å². The number of nitriles is 1. The highest BCUT2D eigenvalue weighted by Gasteiger charge is 2.29. The Hall–Kier alpha value is -0.830. The van der Waals surface area contributed by atoms with E-state index in [0.29, 0.717) is 10.0 Å². The Morgan fingerprint density at radius 2 is 2.07 bits per heavy atom. The predicted octanol–water partition coefficient (Wildman–Crippen LogP) is 1.54. The summed E-state index contributed by atoms with van der Waals surface area (Å²) in [5.74, 6) is 0. The van der Waals surface area contributed by atoms with Crippen molar-refractivity contribution in [3.63, 3.8) is 0 Å². The van der Waals surface area contributed by atoms with Crippen LogP contribution in [0, 0.1) is 11.3 Å². The first kappa shape index (κ1) is 10.7. The fourth-order valence-electron chi connectivity index (χ4n) is 1.48. The lowest BCUT2D eigenvalue weighted by atomic mass is 10.0. The van der Waals surface area contributed by atoms with E-state index in [0.717, 1.165) is 5.56 Å². The lowest BCUT2D eigenvalue weighted by Gasteiger charge is -2.13. The molecular formula is C9H8Cl2N4. The first-order valence-electron chi connectivity index (χ1n) is 4.33. The fourth-order valence-corrected chi connectivity index (χ4v) is 2.01. The van der Waals surface area contributed by atoms with Gasteiger partial charge in [0.25, 0.3) is 0 Å². The van der Waals surface area contributed by atoms with Gasteiger partial charge in [0.15, 0.2) is 0 Å². The standard InChI is InChI=1S/C9H8Cl2N4/c10-5-1-2-6(7(11)3-5)9-8(4-12)13-15-14-9/h1-3,8-9,13-15H. The van der Waals surface area contributed by atoms with Gasteiger partial charge in [0, 0.05) is 10.0 Å². The molecule has 0 radical (unpaired) electrons. The molecule has 78 valence electrons. The Morgan fingerprint density at radius 1 is 1.27 bits per heavy atom. The average molecular weight is 243 g/mol. The van der Waals surface area contributed by atoms with Crippen molar-refractivity contribution in [3.05, 3.63) is 33.8 Å². The minimum atomic E-state index is -0.358. The molecule has 4 nitrogen and oxygen atoms in total. The fraction of sp³-hybridized carbons (Fsp3) is 0.222. The van der Waals surface area contributed by atoms with Gasteiger partial charge in [0.05, 0.1) is 12.1 Å². The lowest BCUT2D eigenvalue weighted by molar-refractivity contribution is 0.555. The summed E-state index contributed by atoms with van der Waals surface area (Å²) in [4.78, 5) is 0. The molecule has 15 heavy (non-hydrogen) atoms. The van der Waals surface area contributed by atoms with Crippen molar-refractivity contribution in [1.29, 1.82) is 5.26 Å². The van der Waals surface area contributed by atoms with Crippen LogP contribution >= 0.6 is 23.2 Å².